The van der Waals surface area contributed by atoms with Crippen LogP contribution in [0.4, 0.5) is 0 Å². The molecule has 0 spiro atoms. The minimum atomic E-state index is -3.62. The van der Waals surface area contributed by atoms with Gasteiger partial charge in [0.05, 0.1) is 10.1 Å². The molecule has 5 heteroatoms. The first-order valence-corrected chi connectivity index (χ1v) is 10.6. The zero-order chi connectivity index (χ0) is 19.0. The molecule has 0 N–H and O–H groups in total. The van der Waals surface area contributed by atoms with E-state index in [0.29, 0.717) is 10.6 Å². The summed E-state index contributed by atoms with van der Waals surface area (Å²) in [6.07, 6.45) is 0. The molecule has 0 radical (unpaired) electrons. The third kappa shape index (κ3) is 3.31. The first kappa shape index (κ1) is 18.0. The van der Waals surface area contributed by atoms with Crippen LogP contribution in [0.2, 0.25) is 5.02 Å². The summed E-state index contributed by atoms with van der Waals surface area (Å²) in [6, 6.07) is 24.3. The molecule has 0 saturated heterocycles. The molecule has 4 rings (SSSR count). The van der Waals surface area contributed by atoms with Crippen molar-refractivity contribution in [3.63, 3.8) is 0 Å². The number of benzene rings is 3. The zero-order valence-electron chi connectivity index (χ0n) is 14.3. The minimum absolute atomic E-state index is 0.162. The molecule has 1 aliphatic rings. The molecule has 27 heavy (non-hydrogen) atoms. The van der Waals surface area contributed by atoms with E-state index in [0.717, 1.165) is 5.56 Å². The highest BCUT2D eigenvalue weighted by atomic mass is 35.5. The number of sulfone groups is 1. The molecule has 0 unspecified atom stereocenters. The average molecular weight is 397 g/mol. The number of carbonyl (C=O) groups excluding carboxylic acids is 1. The van der Waals surface area contributed by atoms with E-state index in [1.807, 2.05) is 30.3 Å². The quantitative estimate of drug-likeness (QED) is 0.583. The van der Waals surface area contributed by atoms with E-state index in [9.17, 15) is 13.2 Å². The Morgan fingerprint density at radius 3 is 1.93 bits per heavy atom. The summed E-state index contributed by atoms with van der Waals surface area (Å²) in [5.41, 5.74) is 1.35. The number of rotatable bonds is 5. The topological polar surface area (TPSA) is 51.2 Å². The van der Waals surface area contributed by atoms with Crippen molar-refractivity contribution in [3.8, 4) is 0 Å². The van der Waals surface area contributed by atoms with Crippen LogP contribution in [0.25, 0.3) is 0 Å². The Bertz CT molecular complexity index is 1060. The molecule has 1 saturated carbocycles. The maximum absolute atomic E-state index is 13.2. The Morgan fingerprint density at radius 1 is 0.778 bits per heavy atom. The Labute approximate surface area is 163 Å². The second-order valence-corrected chi connectivity index (χ2v) is 9.20. The molecular formula is C22H17ClO3S. The van der Waals surface area contributed by atoms with Gasteiger partial charge in [-0.2, -0.15) is 0 Å². The van der Waals surface area contributed by atoms with Crippen molar-refractivity contribution in [1.29, 1.82) is 0 Å². The van der Waals surface area contributed by atoms with Crippen LogP contribution in [-0.4, -0.2) is 19.5 Å². The molecule has 3 nitrogen and oxygen atoms in total. The normalized spacial score (nSPS) is 21.6. The van der Waals surface area contributed by atoms with Crippen molar-refractivity contribution in [1.82, 2.24) is 0 Å². The number of hydrogen-bond donors (Lipinski definition) is 0. The van der Waals surface area contributed by atoms with E-state index in [-0.39, 0.29) is 16.6 Å². The van der Waals surface area contributed by atoms with E-state index in [1.165, 1.54) is 0 Å². The molecule has 136 valence electrons. The predicted octanol–water partition coefficient (Wildman–Crippen LogP) is 4.78. The lowest BCUT2D eigenvalue weighted by Gasteiger charge is -2.04. The van der Waals surface area contributed by atoms with Crippen LogP contribution in [0.1, 0.15) is 21.8 Å². The van der Waals surface area contributed by atoms with Gasteiger partial charge in [-0.1, -0.05) is 60.1 Å². The van der Waals surface area contributed by atoms with Crippen molar-refractivity contribution in [3.05, 3.63) is 101 Å². The maximum Gasteiger partial charge on any atom is 0.182 e. The van der Waals surface area contributed by atoms with Crippen molar-refractivity contribution < 1.29 is 13.2 Å². The van der Waals surface area contributed by atoms with Gasteiger partial charge in [-0.3, -0.25) is 4.79 Å². The molecule has 0 amide bonds. The number of carbonyl (C=O) groups is 1. The monoisotopic (exact) mass is 396 g/mol. The molecule has 0 heterocycles. The highest BCUT2D eigenvalue weighted by molar-refractivity contribution is 7.92. The summed E-state index contributed by atoms with van der Waals surface area (Å²) in [7, 11) is -3.62. The van der Waals surface area contributed by atoms with Gasteiger partial charge < -0.3 is 0 Å². The number of halogens is 1. The molecule has 1 fully saturated rings. The van der Waals surface area contributed by atoms with E-state index < -0.39 is 21.0 Å². The fraction of sp³-hybridized carbons (Fsp3) is 0.136. The summed E-state index contributed by atoms with van der Waals surface area (Å²) >= 11 is 5.91. The number of ketones is 1. The van der Waals surface area contributed by atoms with Crippen LogP contribution in [0, 0.1) is 5.92 Å². The highest BCUT2D eigenvalue weighted by Crippen LogP contribution is 2.55. The van der Waals surface area contributed by atoms with E-state index in [2.05, 4.69) is 0 Å². The van der Waals surface area contributed by atoms with Gasteiger partial charge in [0.2, 0.25) is 0 Å². The second-order valence-electron chi connectivity index (χ2n) is 6.66. The van der Waals surface area contributed by atoms with Crippen LogP contribution < -0.4 is 0 Å². The van der Waals surface area contributed by atoms with Gasteiger partial charge in [0.1, 0.15) is 0 Å². The van der Waals surface area contributed by atoms with E-state index >= 15 is 0 Å². The van der Waals surface area contributed by atoms with Gasteiger partial charge in [-0.15, -0.1) is 0 Å². The first-order chi connectivity index (χ1) is 13.0. The molecule has 0 aliphatic heterocycles. The lowest BCUT2D eigenvalue weighted by atomic mass is 10.0. The largest absolute Gasteiger partial charge is 0.294 e. The summed E-state index contributed by atoms with van der Waals surface area (Å²) in [4.78, 5) is 13.3. The lowest BCUT2D eigenvalue weighted by molar-refractivity contribution is 0.0965. The SMILES string of the molecule is O=C(c1ccc(Cl)cc1)[C@H]1[C@@H](c2ccccc2)[C@@H]1S(=O)(=O)c1ccccc1. The number of Topliss-reactive ketones (excluding diaryl/α,β-unsaturated/α-hetero) is 1. The van der Waals surface area contributed by atoms with Gasteiger partial charge >= 0.3 is 0 Å². The third-order valence-electron chi connectivity index (χ3n) is 5.00. The van der Waals surface area contributed by atoms with Crippen molar-refractivity contribution in [2.45, 2.75) is 16.1 Å². The lowest BCUT2D eigenvalue weighted by Crippen LogP contribution is -2.14. The molecule has 3 aromatic rings. The van der Waals surface area contributed by atoms with Crippen LogP contribution in [0.3, 0.4) is 0 Å². The van der Waals surface area contributed by atoms with Crippen LogP contribution >= 0.6 is 11.6 Å². The van der Waals surface area contributed by atoms with E-state index in [4.69, 9.17) is 11.6 Å². The minimum Gasteiger partial charge on any atom is -0.294 e. The van der Waals surface area contributed by atoms with Gasteiger partial charge in [-0.25, -0.2) is 8.42 Å². The fourth-order valence-corrected chi connectivity index (χ4v) is 5.91. The molecular weight excluding hydrogens is 380 g/mol. The summed E-state index contributed by atoms with van der Waals surface area (Å²) in [5, 5.41) is -0.221. The van der Waals surface area contributed by atoms with Crippen LogP contribution in [-0.2, 0) is 9.84 Å². The second kappa shape index (κ2) is 6.95. The van der Waals surface area contributed by atoms with E-state index in [1.54, 1.807) is 54.6 Å². The molecule has 3 aromatic carbocycles. The standard InChI is InChI=1S/C22H17ClO3S/c23-17-13-11-16(12-14-17)21(24)20-19(15-7-3-1-4-8-15)22(20)27(25,26)18-9-5-2-6-10-18/h1-14,19-20,22H/t19-,20-,22+/m1/s1. The summed E-state index contributed by atoms with van der Waals surface area (Å²) in [5.74, 6) is -1.11. The van der Waals surface area contributed by atoms with Crippen LogP contribution in [0.15, 0.2) is 89.8 Å². The molecule has 0 aromatic heterocycles. The average Bonchev–Trinajstić information content (AvgIpc) is 3.46. The van der Waals surface area contributed by atoms with Crippen molar-refractivity contribution >= 4 is 27.2 Å². The smallest absolute Gasteiger partial charge is 0.182 e. The van der Waals surface area contributed by atoms with Gasteiger partial charge in [-0.05, 0) is 42.0 Å². The Kier molecular flexibility index (Phi) is 4.62. The van der Waals surface area contributed by atoms with Crippen molar-refractivity contribution in [2.75, 3.05) is 0 Å². The molecule has 3 atom stereocenters. The zero-order valence-corrected chi connectivity index (χ0v) is 15.9. The molecule has 0 bridgehead atoms. The Hall–Kier alpha value is -2.43. The van der Waals surface area contributed by atoms with Crippen LogP contribution in [0.5, 0.6) is 0 Å². The maximum atomic E-state index is 13.2. The van der Waals surface area contributed by atoms with Crippen molar-refractivity contribution in [2.24, 2.45) is 5.92 Å². The number of hydrogen-bond acceptors (Lipinski definition) is 3. The molecule has 1 aliphatic carbocycles. The Morgan fingerprint density at radius 2 is 1.33 bits per heavy atom. The first-order valence-electron chi connectivity index (χ1n) is 8.64. The summed E-state index contributed by atoms with van der Waals surface area (Å²) in [6.45, 7) is 0. The summed E-state index contributed by atoms with van der Waals surface area (Å²) < 4.78 is 26.4. The van der Waals surface area contributed by atoms with Gasteiger partial charge in [0.15, 0.2) is 15.6 Å². The highest BCUT2D eigenvalue weighted by Gasteiger charge is 2.62. The third-order valence-corrected chi connectivity index (χ3v) is 7.48. The Balaban J connectivity index is 1.74. The van der Waals surface area contributed by atoms with Gasteiger partial charge in [0.25, 0.3) is 0 Å². The van der Waals surface area contributed by atoms with Gasteiger partial charge in [0, 0.05) is 22.4 Å². The predicted molar refractivity (Wildman–Crippen MR) is 106 cm³/mol. The fourth-order valence-electron chi connectivity index (χ4n) is 3.63.